The van der Waals surface area contributed by atoms with Crippen LogP contribution in [-0.2, 0) is 33.3 Å². The Hall–Kier alpha value is -1.89. The third-order valence-corrected chi connectivity index (χ3v) is 8.31. The summed E-state index contributed by atoms with van der Waals surface area (Å²) in [7, 11) is 0. The number of carbonyl (C=O) groups is 3. The first kappa shape index (κ1) is 22.3. The van der Waals surface area contributed by atoms with Crippen molar-refractivity contribution in [3.63, 3.8) is 0 Å². The summed E-state index contributed by atoms with van der Waals surface area (Å²) in [6, 6.07) is 0. The molecule has 2 saturated heterocycles. The lowest BCUT2D eigenvalue weighted by molar-refractivity contribution is -0.219. The second-order valence-electron chi connectivity index (χ2n) is 10.7. The van der Waals surface area contributed by atoms with Gasteiger partial charge in [0, 0.05) is 19.8 Å². The zero-order valence-electron chi connectivity index (χ0n) is 19.1. The molecule has 172 valence electrons. The number of carbonyl (C=O) groups excluding carboxylic acids is 3. The van der Waals surface area contributed by atoms with E-state index in [0.29, 0.717) is 5.92 Å². The maximum absolute atomic E-state index is 12.7. The molecule has 0 aromatic rings. The van der Waals surface area contributed by atoms with E-state index in [4.69, 9.17) is 18.9 Å². The lowest BCUT2D eigenvalue weighted by atomic mass is 9.58. The average Bonchev–Trinajstić information content (AvgIpc) is 3.10. The molecule has 0 radical (unpaired) electrons. The number of hydrogen-bond acceptors (Lipinski definition) is 7. The number of allylic oxidation sites excluding steroid dienone is 1. The van der Waals surface area contributed by atoms with Gasteiger partial charge in [-0.05, 0) is 54.8 Å². The van der Waals surface area contributed by atoms with Crippen molar-refractivity contribution in [3.05, 3.63) is 12.2 Å². The van der Waals surface area contributed by atoms with Crippen molar-refractivity contribution in [2.24, 2.45) is 34.5 Å². The molecular formula is C24H34O7. The van der Waals surface area contributed by atoms with E-state index in [9.17, 15) is 14.4 Å². The molecule has 4 aliphatic rings. The van der Waals surface area contributed by atoms with E-state index < -0.39 is 42.5 Å². The van der Waals surface area contributed by atoms with Gasteiger partial charge in [0.1, 0.15) is 0 Å². The molecule has 7 nitrogen and oxygen atoms in total. The summed E-state index contributed by atoms with van der Waals surface area (Å²) in [5.41, 5.74) is 1.13. The highest BCUT2D eigenvalue weighted by Gasteiger charge is 2.68. The fourth-order valence-electron chi connectivity index (χ4n) is 7.08. The standard InChI is InChI=1S/C24H34O7/c1-12-8-7-10-23(4,5)15-9-11-24(6,17(12)15)18-16-19(28-13(2)25)20(27)30-22(18)31-21(16)29-14(3)26/h15-19,21-22H,1,7-11H2,2-6H3/t15-,16?,17-,18?,19?,21?,22?,24-/m1/s1. The van der Waals surface area contributed by atoms with Crippen LogP contribution in [0.1, 0.15) is 66.7 Å². The first-order chi connectivity index (χ1) is 14.5. The van der Waals surface area contributed by atoms with Crippen LogP contribution in [0.2, 0.25) is 0 Å². The summed E-state index contributed by atoms with van der Waals surface area (Å²) in [6.07, 6.45) is 2.22. The summed E-state index contributed by atoms with van der Waals surface area (Å²) in [5, 5.41) is 0. The molecule has 2 heterocycles. The van der Waals surface area contributed by atoms with E-state index in [-0.39, 0.29) is 22.7 Å². The van der Waals surface area contributed by atoms with Crippen LogP contribution in [0, 0.1) is 34.5 Å². The highest BCUT2D eigenvalue weighted by molar-refractivity contribution is 5.80. The summed E-state index contributed by atoms with van der Waals surface area (Å²) in [5.74, 6) is -1.92. The molecule has 31 heavy (non-hydrogen) atoms. The third-order valence-electron chi connectivity index (χ3n) is 8.31. The van der Waals surface area contributed by atoms with Gasteiger partial charge in [-0.25, -0.2) is 4.79 Å². The molecule has 4 fully saturated rings. The lowest BCUT2D eigenvalue weighted by Gasteiger charge is -2.47. The van der Waals surface area contributed by atoms with Crippen molar-refractivity contribution in [1.82, 2.24) is 0 Å². The molecule has 2 aliphatic carbocycles. The van der Waals surface area contributed by atoms with Crippen molar-refractivity contribution >= 4 is 17.9 Å². The Bertz CT molecular complexity index is 802. The van der Waals surface area contributed by atoms with Crippen molar-refractivity contribution in [2.75, 3.05) is 0 Å². The van der Waals surface area contributed by atoms with Crippen molar-refractivity contribution in [3.8, 4) is 0 Å². The molecule has 2 saturated carbocycles. The minimum absolute atomic E-state index is 0.178. The molecule has 2 bridgehead atoms. The largest absolute Gasteiger partial charge is 0.450 e. The molecular weight excluding hydrogens is 400 g/mol. The Morgan fingerprint density at radius 3 is 2.42 bits per heavy atom. The first-order valence-corrected chi connectivity index (χ1v) is 11.3. The molecule has 8 atom stereocenters. The minimum Gasteiger partial charge on any atom is -0.450 e. The van der Waals surface area contributed by atoms with Crippen LogP contribution in [0.3, 0.4) is 0 Å². The minimum atomic E-state index is -1.16. The lowest BCUT2D eigenvalue weighted by Crippen LogP contribution is -2.54. The predicted molar refractivity (Wildman–Crippen MR) is 110 cm³/mol. The number of rotatable bonds is 3. The Balaban J connectivity index is 1.76. The Kier molecular flexibility index (Phi) is 5.48. The summed E-state index contributed by atoms with van der Waals surface area (Å²) in [6.45, 7) is 13.9. The summed E-state index contributed by atoms with van der Waals surface area (Å²) >= 11 is 0. The van der Waals surface area contributed by atoms with Crippen molar-refractivity contribution in [1.29, 1.82) is 0 Å². The van der Waals surface area contributed by atoms with Crippen LogP contribution in [0.5, 0.6) is 0 Å². The SMILES string of the molecule is C=C1CCCC(C)(C)[C@@H]2CC[C@@](C)(C3C4OC(=O)C(OC(C)=O)C3C(OC(C)=O)O4)[C@H]12. The highest BCUT2D eigenvalue weighted by atomic mass is 16.8. The number of esters is 3. The van der Waals surface area contributed by atoms with E-state index in [1.54, 1.807) is 0 Å². The second-order valence-corrected chi connectivity index (χ2v) is 10.7. The van der Waals surface area contributed by atoms with Crippen LogP contribution in [-0.4, -0.2) is 36.6 Å². The van der Waals surface area contributed by atoms with Crippen molar-refractivity contribution < 1.29 is 33.3 Å². The average molecular weight is 435 g/mol. The van der Waals surface area contributed by atoms with Crippen LogP contribution in [0.4, 0.5) is 0 Å². The van der Waals surface area contributed by atoms with Gasteiger partial charge in [-0.2, -0.15) is 0 Å². The molecule has 4 rings (SSSR count). The fraction of sp³-hybridized carbons (Fsp3) is 0.792. The Morgan fingerprint density at radius 1 is 1.10 bits per heavy atom. The van der Waals surface area contributed by atoms with Gasteiger partial charge in [-0.1, -0.05) is 32.9 Å². The first-order valence-electron chi connectivity index (χ1n) is 11.3. The van der Waals surface area contributed by atoms with Gasteiger partial charge in [-0.15, -0.1) is 0 Å². The number of hydrogen-bond donors (Lipinski definition) is 0. The van der Waals surface area contributed by atoms with E-state index in [1.165, 1.54) is 19.4 Å². The van der Waals surface area contributed by atoms with Crippen LogP contribution in [0.25, 0.3) is 0 Å². The van der Waals surface area contributed by atoms with Gasteiger partial charge >= 0.3 is 17.9 Å². The molecule has 0 amide bonds. The van der Waals surface area contributed by atoms with E-state index >= 15 is 0 Å². The summed E-state index contributed by atoms with van der Waals surface area (Å²) in [4.78, 5) is 36.2. The Morgan fingerprint density at radius 2 is 1.77 bits per heavy atom. The van der Waals surface area contributed by atoms with Gasteiger partial charge < -0.3 is 18.9 Å². The molecule has 7 heteroatoms. The van der Waals surface area contributed by atoms with Gasteiger partial charge in [0.15, 0.2) is 0 Å². The van der Waals surface area contributed by atoms with E-state index in [1.807, 2.05) is 0 Å². The fourth-order valence-corrected chi connectivity index (χ4v) is 7.08. The van der Waals surface area contributed by atoms with Gasteiger partial charge in [0.2, 0.25) is 18.7 Å². The predicted octanol–water partition coefficient (Wildman–Crippen LogP) is 3.75. The zero-order chi connectivity index (χ0) is 22.7. The number of fused-ring (bicyclic) bond motifs is 3. The Labute approximate surface area is 183 Å². The van der Waals surface area contributed by atoms with Crippen LogP contribution >= 0.6 is 0 Å². The van der Waals surface area contributed by atoms with Crippen LogP contribution < -0.4 is 0 Å². The van der Waals surface area contributed by atoms with Gasteiger partial charge in [0.25, 0.3) is 0 Å². The number of ether oxygens (including phenoxy) is 4. The van der Waals surface area contributed by atoms with Crippen LogP contribution in [0.15, 0.2) is 12.2 Å². The topological polar surface area (TPSA) is 88.1 Å². The van der Waals surface area contributed by atoms with Crippen molar-refractivity contribution in [2.45, 2.75) is 85.4 Å². The second kappa shape index (κ2) is 7.61. The highest BCUT2D eigenvalue weighted by Crippen LogP contribution is 2.66. The zero-order valence-corrected chi connectivity index (χ0v) is 19.1. The smallest absolute Gasteiger partial charge is 0.350 e. The van der Waals surface area contributed by atoms with Gasteiger partial charge in [-0.3, -0.25) is 9.59 Å². The molecule has 2 aliphatic heterocycles. The maximum atomic E-state index is 12.7. The molecule has 0 aromatic carbocycles. The monoisotopic (exact) mass is 434 g/mol. The maximum Gasteiger partial charge on any atom is 0.350 e. The summed E-state index contributed by atoms with van der Waals surface area (Å²) < 4.78 is 22.4. The normalized spacial score (nSPS) is 43.6. The van der Waals surface area contributed by atoms with Gasteiger partial charge in [0.05, 0.1) is 5.92 Å². The quantitative estimate of drug-likeness (QED) is 0.380. The molecule has 5 unspecified atom stereocenters. The van der Waals surface area contributed by atoms with E-state index in [2.05, 4.69) is 27.4 Å². The van der Waals surface area contributed by atoms with E-state index in [0.717, 1.165) is 32.1 Å². The third kappa shape index (κ3) is 3.59. The molecule has 0 aromatic heterocycles. The molecule has 0 N–H and O–H groups in total. The molecule has 0 spiro atoms.